The molecule has 0 saturated heterocycles. The molecule has 100 valence electrons. The van der Waals surface area contributed by atoms with Crippen LogP contribution in [0.4, 0.5) is 5.69 Å². The number of hydrogen-bond acceptors (Lipinski definition) is 4. The maximum atomic E-state index is 12.0. The highest BCUT2D eigenvalue weighted by Crippen LogP contribution is 2.14. The van der Waals surface area contributed by atoms with Crippen molar-refractivity contribution in [1.82, 2.24) is 5.32 Å². The van der Waals surface area contributed by atoms with Crippen molar-refractivity contribution in [2.45, 2.75) is 12.8 Å². The molecule has 2 rings (SSSR count). The van der Waals surface area contributed by atoms with Crippen LogP contribution in [0.2, 0.25) is 0 Å². The third-order valence-electron chi connectivity index (χ3n) is 2.77. The Labute approximate surface area is 110 Å². The van der Waals surface area contributed by atoms with E-state index in [1.807, 2.05) is 0 Å². The van der Waals surface area contributed by atoms with E-state index in [-0.39, 0.29) is 17.1 Å². The van der Waals surface area contributed by atoms with Crippen molar-refractivity contribution in [2.24, 2.45) is 4.99 Å². The molecule has 0 fully saturated rings. The van der Waals surface area contributed by atoms with E-state index in [4.69, 9.17) is 5.11 Å². The number of hydrogen-bond donors (Lipinski definition) is 3. The molecule has 0 saturated carbocycles. The number of amides is 1. The van der Waals surface area contributed by atoms with Crippen molar-refractivity contribution in [3.8, 4) is 0 Å². The van der Waals surface area contributed by atoms with Gasteiger partial charge in [-0.15, -0.1) is 0 Å². The molecule has 6 heteroatoms. The second-order valence-corrected chi connectivity index (χ2v) is 4.17. The summed E-state index contributed by atoms with van der Waals surface area (Å²) in [6, 6.07) is 6.28. The zero-order valence-corrected chi connectivity index (χ0v) is 10.3. The van der Waals surface area contributed by atoms with Gasteiger partial charge < -0.3 is 15.7 Å². The SMILES string of the molecule is O=C(Nc1ccccc1C(=O)O)C1=NCCCCN1. The Balaban J connectivity index is 2.14. The summed E-state index contributed by atoms with van der Waals surface area (Å²) in [5.74, 6) is -1.22. The van der Waals surface area contributed by atoms with E-state index >= 15 is 0 Å². The van der Waals surface area contributed by atoms with Gasteiger partial charge in [0.25, 0.3) is 5.91 Å². The van der Waals surface area contributed by atoms with Gasteiger partial charge in [-0.05, 0) is 25.0 Å². The minimum Gasteiger partial charge on any atom is -0.478 e. The van der Waals surface area contributed by atoms with Crippen LogP contribution in [-0.4, -0.2) is 35.9 Å². The molecule has 0 spiro atoms. The summed E-state index contributed by atoms with van der Waals surface area (Å²) in [4.78, 5) is 27.2. The summed E-state index contributed by atoms with van der Waals surface area (Å²) < 4.78 is 0. The number of para-hydroxylation sites is 1. The molecule has 0 aromatic heterocycles. The minimum atomic E-state index is -1.08. The number of carboxylic acid groups (broad SMARTS) is 1. The van der Waals surface area contributed by atoms with Crippen molar-refractivity contribution in [3.63, 3.8) is 0 Å². The first kappa shape index (κ1) is 13.1. The average molecular weight is 261 g/mol. The van der Waals surface area contributed by atoms with E-state index in [0.717, 1.165) is 12.8 Å². The first-order valence-corrected chi connectivity index (χ1v) is 6.10. The molecular formula is C13H15N3O3. The minimum absolute atomic E-state index is 0.0603. The van der Waals surface area contributed by atoms with Crippen molar-refractivity contribution in [1.29, 1.82) is 0 Å². The predicted octanol–water partition coefficient (Wildman–Crippen LogP) is 1.11. The van der Waals surface area contributed by atoms with Crippen molar-refractivity contribution in [2.75, 3.05) is 18.4 Å². The topological polar surface area (TPSA) is 90.8 Å². The lowest BCUT2D eigenvalue weighted by Gasteiger charge is -2.10. The normalized spacial score (nSPS) is 14.8. The number of aliphatic imine (C=N–C) groups is 1. The molecule has 0 atom stereocenters. The van der Waals surface area contributed by atoms with Gasteiger partial charge in [0.1, 0.15) is 0 Å². The van der Waals surface area contributed by atoms with Gasteiger partial charge in [-0.2, -0.15) is 0 Å². The molecule has 0 aliphatic carbocycles. The van der Waals surface area contributed by atoms with E-state index in [1.165, 1.54) is 6.07 Å². The predicted molar refractivity (Wildman–Crippen MR) is 71.6 cm³/mol. The molecule has 6 nitrogen and oxygen atoms in total. The van der Waals surface area contributed by atoms with Crippen LogP contribution in [0.1, 0.15) is 23.2 Å². The van der Waals surface area contributed by atoms with Gasteiger partial charge in [-0.25, -0.2) is 4.79 Å². The Hall–Kier alpha value is -2.37. The van der Waals surface area contributed by atoms with E-state index in [2.05, 4.69) is 15.6 Å². The van der Waals surface area contributed by atoms with Crippen molar-refractivity contribution < 1.29 is 14.7 Å². The number of carbonyl (C=O) groups is 2. The maximum absolute atomic E-state index is 12.0. The van der Waals surface area contributed by atoms with E-state index < -0.39 is 11.9 Å². The fourth-order valence-corrected chi connectivity index (χ4v) is 1.80. The van der Waals surface area contributed by atoms with Gasteiger partial charge in [-0.3, -0.25) is 9.79 Å². The average Bonchev–Trinajstić information content (AvgIpc) is 2.68. The second-order valence-electron chi connectivity index (χ2n) is 4.17. The number of carbonyl (C=O) groups excluding carboxylic acids is 1. The number of nitrogens with one attached hydrogen (secondary N) is 2. The third-order valence-corrected chi connectivity index (χ3v) is 2.77. The fourth-order valence-electron chi connectivity index (χ4n) is 1.80. The van der Waals surface area contributed by atoms with Gasteiger partial charge in [0.05, 0.1) is 11.3 Å². The monoisotopic (exact) mass is 261 g/mol. The molecule has 3 N–H and O–H groups in total. The van der Waals surface area contributed by atoms with E-state index in [9.17, 15) is 9.59 Å². The largest absolute Gasteiger partial charge is 0.478 e. The van der Waals surface area contributed by atoms with Gasteiger partial charge in [0, 0.05) is 13.1 Å². The Morgan fingerprint density at radius 3 is 2.84 bits per heavy atom. The highest BCUT2D eigenvalue weighted by molar-refractivity contribution is 6.42. The highest BCUT2D eigenvalue weighted by Gasteiger charge is 2.16. The summed E-state index contributed by atoms with van der Waals surface area (Å²) in [6.07, 6.45) is 1.90. The van der Waals surface area contributed by atoms with Crippen LogP contribution in [0.25, 0.3) is 0 Å². The number of carboxylic acids is 1. The second kappa shape index (κ2) is 5.99. The van der Waals surface area contributed by atoms with Gasteiger partial charge in [-0.1, -0.05) is 12.1 Å². The summed E-state index contributed by atoms with van der Waals surface area (Å²) in [5, 5.41) is 14.6. The van der Waals surface area contributed by atoms with E-state index in [0.29, 0.717) is 13.1 Å². The summed E-state index contributed by atoms with van der Waals surface area (Å²) in [5.41, 5.74) is 0.332. The van der Waals surface area contributed by atoms with Crippen molar-refractivity contribution in [3.05, 3.63) is 29.8 Å². The molecule has 0 bridgehead atoms. The zero-order valence-electron chi connectivity index (χ0n) is 10.3. The van der Waals surface area contributed by atoms with E-state index in [1.54, 1.807) is 18.2 Å². The number of rotatable bonds is 3. The molecular weight excluding hydrogens is 246 g/mol. The Bertz CT molecular complexity index is 526. The first-order chi connectivity index (χ1) is 9.18. The van der Waals surface area contributed by atoms with Crippen LogP contribution in [0.5, 0.6) is 0 Å². The van der Waals surface area contributed by atoms with Gasteiger partial charge in [0.2, 0.25) is 0 Å². The zero-order chi connectivity index (χ0) is 13.7. The third kappa shape index (κ3) is 3.31. The lowest BCUT2D eigenvalue weighted by Crippen LogP contribution is -2.35. The Kier molecular flexibility index (Phi) is 4.12. The standard InChI is InChI=1S/C13H15N3O3/c17-12(11-14-7-3-4-8-15-11)16-10-6-2-1-5-9(10)13(18)19/h1-2,5-6H,3-4,7-8H2,(H,14,15)(H,16,17)(H,18,19). The molecule has 1 aliphatic rings. The molecule has 0 unspecified atom stereocenters. The quantitative estimate of drug-likeness (QED) is 0.760. The molecule has 1 amide bonds. The van der Waals surface area contributed by atoms with Gasteiger partial charge in [0.15, 0.2) is 5.84 Å². The molecule has 1 aliphatic heterocycles. The molecule has 1 aromatic carbocycles. The van der Waals surface area contributed by atoms with Crippen LogP contribution in [0.3, 0.4) is 0 Å². The molecule has 19 heavy (non-hydrogen) atoms. The number of amidine groups is 1. The lowest BCUT2D eigenvalue weighted by molar-refractivity contribution is -0.110. The Morgan fingerprint density at radius 1 is 1.26 bits per heavy atom. The Morgan fingerprint density at radius 2 is 2.05 bits per heavy atom. The van der Waals surface area contributed by atoms with Crippen LogP contribution >= 0.6 is 0 Å². The molecule has 1 aromatic rings. The van der Waals surface area contributed by atoms with Crippen LogP contribution in [-0.2, 0) is 4.79 Å². The lowest BCUT2D eigenvalue weighted by atomic mass is 10.2. The summed E-state index contributed by atoms with van der Waals surface area (Å²) in [6.45, 7) is 1.31. The van der Waals surface area contributed by atoms with Crippen molar-refractivity contribution >= 4 is 23.4 Å². The van der Waals surface area contributed by atoms with Gasteiger partial charge >= 0.3 is 5.97 Å². The molecule has 1 heterocycles. The molecule has 0 radical (unpaired) electrons. The first-order valence-electron chi connectivity index (χ1n) is 6.10. The summed E-state index contributed by atoms with van der Waals surface area (Å²) >= 11 is 0. The van der Waals surface area contributed by atoms with Crippen LogP contribution < -0.4 is 10.6 Å². The summed E-state index contributed by atoms with van der Waals surface area (Å²) in [7, 11) is 0. The fraction of sp³-hybridized carbons (Fsp3) is 0.308. The smallest absolute Gasteiger partial charge is 0.337 e. The maximum Gasteiger partial charge on any atom is 0.337 e. The number of benzene rings is 1. The highest BCUT2D eigenvalue weighted by atomic mass is 16.4. The van der Waals surface area contributed by atoms with Crippen LogP contribution in [0, 0.1) is 0 Å². The number of aromatic carboxylic acids is 1. The number of nitrogens with zero attached hydrogens (tertiary/aromatic N) is 1. The number of anilines is 1. The van der Waals surface area contributed by atoms with Crippen LogP contribution in [0.15, 0.2) is 29.3 Å².